The van der Waals surface area contributed by atoms with Crippen molar-refractivity contribution < 1.29 is 13.6 Å². The van der Waals surface area contributed by atoms with Crippen LogP contribution in [0.3, 0.4) is 0 Å². The van der Waals surface area contributed by atoms with Crippen LogP contribution in [0.5, 0.6) is 0 Å². The van der Waals surface area contributed by atoms with Crippen molar-refractivity contribution in [2.75, 3.05) is 13.1 Å². The molecule has 4 rings (SSSR count). The summed E-state index contributed by atoms with van der Waals surface area (Å²) < 4.78 is 19.3. The zero-order valence-electron chi connectivity index (χ0n) is 14.8. The van der Waals surface area contributed by atoms with Crippen LogP contribution in [0.15, 0.2) is 59.0 Å². The fraction of sp³-hybridized carbons (Fsp3) is 0.286. The number of halogens is 1. The third-order valence-electron chi connectivity index (χ3n) is 4.98. The molecule has 1 aliphatic rings. The van der Waals surface area contributed by atoms with Gasteiger partial charge in [-0.3, -0.25) is 4.79 Å². The van der Waals surface area contributed by atoms with Gasteiger partial charge in [0.1, 0.15) is 5.82 Å². The highest BCUT2D eigenvalue weighted by Crippen LogP contribution is 2.24. The van der Waals surface area contributed by atoms with E-state index in [1.165, 1.54) is 11.6 Å². The van der Waals surface area contributed by atoms with Crippen LogP contribution >= 0.6 is 0 Å². The number of piperidine rings is 1. The lowest BCUT2D eigenvalue weighted by atomic mass is 9.90. The second-order valence-corrected chi connectivity index (χ2v) is 6.82. The van der Waals surface area contributed by atoms with E-state index in [0.29, 0.717) is 19.0 Å². The third-order valence-corrected chi connectivity index (χ3v) is 4.98. The van der Waals surface area contributed by atoms with E-state index >= 15 is 0 Å². The Kier molecular flexibility index (Phi) is 4.96. The quantitative estimate of drug-likeness (QED) is 0.702. The van der Waals surface area contributed by atoms with Gasteiger partial charge in [-0.25, -0.2) is 4.39 Å². The average molecular weight is 365 g/mol. The van der Waals surface area contributed by atoms with Gasteiger partial charge in [0.2, 0.25) is 0 Å². The van der Waals surface area contributed by atoms with Gasteiger partial charge in [-0.2, -0.15) is 0 Å². The molecule has 0 unspecified atom stereocenters. The van der Waals surface area contributed by atoms with E-state index in [1.807, 2.05) is 6.07 Å². The summed E-state index contributed by atoms with van der Waals surface area (Å²) in [6, 6.07) is 16.5. The van der Waals surface area contributed by atoms with Crippen molar-refractivity contribution in [1.82, 2.24) is 15.1 Å². The van der Waals surface area contributed by atoms with Gasteiger partial charge < -0.3 is 9.32 Å². The van der Waals surface area contributed by atoms with Crippen molar-refractivity contribution in [2.24, 2.45) is 5.92 Å². The summed E-state index contributed by atoms with van der Waals surface area (Å²) in [5.41, 5.74) is 1.53. The topological polar surface area (TPSA) is 59.2 Å². The number of hydrogen-bond donors (Lipinski definition) is 0. The van der Waals surface area contributed by atoms with Crippen LogP contribution in [0.4, 0.5) is 4.39 Å². The van der Waals surface area contributed by atoms with E-state index < -0.39 is 5.82 Å². The van der Waals surface area contributed by atoms with Gasteiger partial charge in [0, 0.05) is 13.1 Å². The standard InChI is InChI=1S/C21H20FN3O2/c22-18-9-5-4-8-17(18)19-23-24-20(27-19)21(26)25-12-10-16(11-13-25)14-15-6-2-1-3-7-15/h1-9,16H,10-14H2. The molecule has 1 aliphatic heterocycles. The molecular formula is C21H20FN3O2. The first-order valence-electron chi connectivity index (χ1n) is 9.12. The molecular weight excluding hydrogens is 345 g/mol. The minimum absolute atomic E-state index is 0.0235. The molecule has 6 heteroatoms. The van der Waals surface area contributed by atoms with Crippen LogP contribution in [-0.2, 0) is 6.42 Å². The smallest absolute Gasteiger partial charge is 0.311 e. The second kappa shape index (κ2) is 7.70. The highest BCUT2D eigenvalue weighted by molar-refractivity contribution is 5.89. The Morgan fingerprint density at radius 2 is 1.74 bits per heavy atom. The minimum atomic E-state index is -0.457. The number of carbonyl (C=O) groups is 1. The van der Waals surface area contributed by atoms with Crippen molar-refractivity contribution in [3.63, 3.8) is 0 Å². The predicted molar refractivity (Wildman–Crippen MR) is 98.5 cm³/mol. The Balaban J connectivity index is 1.38. The largest absolute Gasteiger partial charge is 0.412 e. The van der Waals surface area contributed by atoms with Crippen molar-refractivity contribution in [3.8, 4) is 11.5 Å². The number of rotatable bonds is 4. The Morgan fingerprint density at radius 3 is 2.48 bits per heavy atom. The summed E-state index contributed by atoms with van der Waals surface area (Å²) in [7, 11) is 0. The molecule has 2 heterocycles. The molecule has 27 heavy (non-hydrogen) atoms. The molecule has 1 amide bonds. The second-order valence-electron chi connectivity index (χ2n) is 6.82. The highest BCUT2D eigenvalue weighted by atomic mass is 19.1. The van der Waals surface area contributed by atoms with E-state index in [-0.39, 0.29) is 23.3 Å². The van der Waals surface area contributed by atoms with Crippen LogP contribution in [0.25, 0.3) is 11.5 Å². The van der Waals surface area contributed by atoms with Gasteiger partial charge in [-0.05, 0) is 42.9 Å². The molecule has 3 aromatic rings. The molecule has 0 atom stereocenters. The summed E-state index contributed by atoms with van der Waals surface area (Å²) in [6.07, 6.45) is 2.91. The maximum atomic E-state index is 13.8. The van der Waals surface area contributed by atoms with Crippen LogP contribution < -0.4 is 0 Å². The normalized spacial score (nSPS) is 15.1. The van der Waals surface area contributed by atoms with E-state index in [9.17, 15) is 9.18 Å². The minimum Gasteiger partial charge on any atom is -0.412 e. The average Bonchev–Trinajstić information content (AvgIpc) is 3.19. The lowest BCUT2D eigenvalue weighted by Crippen LogP contribution is -2.39. The van der Waals surface area contributed by atoms with Crippen molar-refractivity contribution in [3.05, 3.63) is 71.9 Å². The third kappa shape index (κ3) is 3.89. The number of benzene rings is 2. The zero-order chi connectivity index (χ0) is 18.6. The van der Waals surface area contributed by atoms with Crippen LogP contribution in [0.1, 0.15) is 29.1 Å². The SMILES string of the molecule is O=C(c1nnc(-c2ccccc2F)o1)N1CCC(Cc2ccccc2)CC1. The molecule has 1 fully saturated rings. The summed E-state index contributed by atoms with van der Waals surface area (Å²) in [5.74, 6) is -0.247. The fourth-order valence-corrected chi connectivity index (χ4v) is 3.48. The predicted octanol–water partition coefficient (Wildman–Crippen LogP) is 3.97. The molecule has 0 bridgehead atoms. The molecule has 2 aromatic carbocycles. The maximum absolute atomic E-state index is 13.8. The zero-order valence-corrected chi connectivity index (χ0v) is 14.8. The van der Waals surface area contributed by atoms with Crippen LogP contribution in [0, 0.1) is 11.7 Å². The highest BCUT2D eigenvalue weighted by Gasteiger charge is 2.27. The molecule has 0 radical (unpaired) electrons. The first-order valence-corrected chi connectivity index (χ1v) is 9.12. The number of likely N-dealkylation sites (tertiary alicyclic amines) is 1. The molecule has 1 saturated heterocycles. The molecule has 0 saturated carbocycles. The summed E-state index contributed by atoms with van der Waals surface area (Å²) in [6.45, 7) is 1.32. The number of amides is 1. The number of hydrogen-bond acceptors (Lipinski definition) is 4. The molecule has 138 valence electrons. The lowest BCUT2D eigenvalue weighted by Gasteiger charge is -2.31. The number of aromatic nitrogens is 2. The van der Waals surface area contributed by atoms with Gasteiger partial charge in [0.25, 0.3) is 5.89 Å². The maximum Gasteiger partial charge on any atom is 0.311 e. The van der Waals surface area contributed by atoms with Gasteiger partial charge in [0.15, 0.2) is 0 Å². The van der Waals surface area contributed by atoms with Gasteiger partial charge in [-0.15, -0.1) is 10.2 Å². The Bertz CT molecular complexity index is 918. The van der Waals surface area contributed by atoms with Gasteiger partial charge in [-0.1, -0.05) is 42.5 Å². The summed E-state index contributed by atoms with van der Waals surface area (Å²) in [4.78, 5) is 14.4. The molecule has 0 spiro atoms. The number of nitrogens with zero attached hydrogens (tertiary/aromatic N) is 3. The van der Waals surface area contributed by atoms with Crippen molar-refractivity contribution >= 4 is 5.91 Å². The first kappa shape index (κ1) is 17.4. The van der Waals surface area contributed by atoms with Crippen molar-refractivity contribution in [1.29, 1.82) is 0 Å². The van der Waals surface area contributed by atoms with E-state index in [1.54, 1.807) is 23.1 Å². The Hall–Kier alpha value is -3.02. The lowest BCUT2D eigenvalue weighted by molar-refractivity contribution is 0.0651. The Labute approximate surface area is 156 Å². The Morgan fingerprint density at radius 1 is 1.04 bits per heavy atom. The van der Waals surface area contributed by atoms with E-state index in [4.69, 9.17) is 4.42 Å². The molecule has 1 aromatic heterocycles. The molecule has 0 aliphatic carbocycles. The van der Waals surface area contributed by atoms with Crippen molar-refractivity contribution in [2.45, 2.75) is 19.3 Å². The summed E-state index contributed by atoms with van der Waals surface area (Å²) >= 11 is 0. The van der Waals surface area contributed by atoms with Gasteiger partial charge >= 0.3 is 11.8 Å². The first-order chi connectivity index (χ1) is 13.2. The number of carbonyl (C=O) groups excluding carboxylic acids is 1. The van der Waals surface area contributed by atoms with Crippen LogP contribution in [0.2, 0.25) is 0 Å². The van der Waals surface area contributed by atoms with E-state index in [2.05, 4.69) is 34.5 Å². The van der Waals surface area contributed by atoms with Crippen LogP contribution in [-0.4, -0.2) is 34.1 Å². The monoisotopic (exact) mass is 365 g/mol. The molecule has 0 N–H and O–H groups in total. The van der Waals surface area contributed by atoms with E-state index in [0.717, 1.165) is 19.3 Å². The molecule has 5 nitrogen and oxygen atoms in total. The van der Waals surface area contributed by atoms with Gasteiger partial charge in [0.05, 0.1) is 5.56 Å². The summed E-state index contributed by atoms with van der Waals surface area (Å²) in [5, 5.41) is 7.65. The fourth-order valence-electron chi connectivity index (χ4n) is 3.48.